The number of hydrogen-bond acceptors (Lipinski definition) is 3. The first-order valence-corrected chi connectivity index (χ1v) is 6.89. The number of nitrogens with zero attached hydrogens (tertiary/aromatic N) is 1. The summed E-state index contributed by atoms with van der Waals surface area (Å²) in [5, 5.41) is 0. The van der Waals surface area contributed by atoms with Crippen LogP contribution in [0.25, 0.3) is 0 Å². The van der Waals surface area contributed by atoms with Crippen LogP contribution < -0.4 is 11.3 Å². The zero-order chi connectivity index (χ0) is 12.8. The largest absolute Gasteiger partial charge is 0.271 e. The zero-order valence-electron chi connectivity index (χ0n) is 11.2. The van der Waals surface area contributed by atoms with E-state index in [-0.39, 0.29) is 6.04 Å². The minimum absolute atomic E-state index is 0.121. The number of rotatable bonds is 3. The van der Waals surface area contributed by atoms with Gasteiger partial charge in [-0.05, 0) is 44.2 Å². The van der Waals surface area contributed by atoms with Gasteiger partial charge in [-0.3, -0.25) is 10.8 Å². The summed E-state index contributed by atoms with van der Waals surface area (Å²) in [5.41, 5.74) is 6.57. The van der Waals surface area contributed by atoms with Gasteiger partial charge in [-0.25, -0.2) is 5.43 Å². The van der Waals surface area contributed by atoms with Crippen molar-refractivity contribution in [3.8, 4) is 0 Å². The fourth-order valence-corrected chi connectivity index (χ4v) is 2.55. The lowest BCUT2D eigenvalue weighted by Gasteiger charge is -2.21. The highest BCUT2D eigenvalue weighted by Gasteiger charge is 2.15. The standard InChI is InChI=1S/C15H23N3/c1-12-9-10-14(11-17-12)15(18-16)13-7-5-3-2-4-6-8-13/h7,9-11,15,18H,2-6,8,16H2,1H3/b13-7+. The molecule has 1 heterocycles. The van der Waals surface area contributed by atoms with Gasteiger partial charge in [0.15, 0.2) is 0 Å². The number of allylic oxidation sites excluding steroid dienone is 1. The Morgan fingerprint density at radius 2 is 2.06 bits per heavy atom. The molecule has 3 N–H and O–H groups in total. The van der Waals surface area contributed by atoms with Crippen molar-refractivity contribution in [3.63, 3.8) is 0 Å². The molecule has 18 heavy (non-hydrogen) atoms. The second-order valence-electron chi connectivity index (χ2n) is 5.06. The van der Waals surface area contributed by atoms with Crippen LogP contribution in [0.5, 0.6) is 0 Å². The molecule has 1 aliphatic rings. The summed E-state index contributed by atoms with van der Waals surface area (Å²) in [6.07, 6.45) is 11.9. The lowest BCUT2D eigenvalue weighted by Crippen LogP contribution is -2.29. The maximum absolute atomic E-state index is 5.75. The average molecular weight is 245 g/mol. The minimum Gasteiger partial charge on any atom is -0.271 e. The molecule has 1 aromatic rings. The summed E-state index contributed by atoms with van der Waals surface area (Å²) >= 11 is 0. The lowest BCUT2D eigenvalue weighted by molar-refractivity contribution is 0.554. The molecule has 1 unspecified atom stereocenters. The van der Waals surface area contributed by atoms with E-state index in [1.807, 2.05) is 19.2 Å². The molecule has 0 bridgehead atoms. The van der Waals surface area contributed by atoms with Gasteiger partial charge in [-0.15, -0.1) is 0 Å². The Morgan fingerprint density at radius 1 is 1.22 bits per heavy atom. The van der Waals surface area contributed by atoms with Gasteiger partial charge in [0.2, 0.25) is 0 Å². The summed E-state index contributed by atoms with van der Waals surface area (Å²) < 4.78 is 0. The van der Waals surface area contributed by atoms with Crippen LogP contribution in [0, 0.1) is 6.92 Å². The molecule has 0 aliphatic heterocycles. The number of hydrazine groups is 1. The van der Waals surface area contributed by atoms with Gasteiger partial charge in [0, 0.05) is 11.9 Å². The molecule has 3 heteroatoms. The first-order chi connectivity index (χ1) is 8.81. The fourth-order valence-electron chi connectivity index (χ4n) is 2.55. The molecule has 3 nitrogen and oxygen atoms in total. The summed E-state index contributed by atoms with van der Waals surface area (Å²) in [6.45, 7) is 2.00. The van der Waals surface area contributed by atoms with Crippen molar-refractivity contribution in [2.24, 2.45) is 5.84 Å². The maximum Gasteiger partial charge on any atom is 0.0685 e. The van der Waals surface area contributed by atoms with E-state index in [9.17, 15) is 0 Å². The highest BCUT2D eigenvalue weighted by Crippen LogP contribution is 2.27. The third-order valence-corrected chi connectivity index (χ3v) is 3.63. The predicted octanol–water partition coefficient (Wildman–Crippen LogP) is 3.18. The monoisotopic (exact) mass is 245 g/mol. The van der Waals surface area contributed by atoms with Crippen LogP contribution in [0.15, 0.2) is 30.0 Å². The van der Waals surface area contributed by atoms with Gasteiger partial charge < -0.3 is 0 Å². The number of nitrogens with two attached hydrogens (primary N) is 1. The lowest BCUT2D eigenvalue weighted by atomic mass is 9.92. The topological polar surface area (TPSA) is 50.9 Å². The number of pyridine rings is 1. The Labute approximate surface area is 109 Å². The van der Waals surface area contributed by atoms with Gasteiger partial charge in [0.05, 0.1) is 6.04 Å². The van der Waals surface area contributed by atoms with Gasteiger partial charge in [0.25, 0.3) is 0 Å². The first kappa shape index (κ1) is 13.2. The normalized spacial score (nSPS) is 21.6. The Bertz CT molecular complexity index is 395. The van der Waals surface area contributed by atoms with Gasteiger partial charge >= 0.3 is 0 Å². The van der Waals surface area contributed by atoms with Crippen LogP contribution in [-0.2, 0) is 0 Å². The van der Waals surface area contributed by atoms with Crippen LogP contribution >= 0.6 is 0 Å². The van der Waals surface area contributed by atoms with Crippen LogP contribution in [0.1, 0.15) is 55.8 Å². The molecule has 0 saturated heterocycles. The molecule has 1 aliphatic carbocycles. The Balaban J connectivity index is 2.18. The van der Waals surface area contributed by atoms with E-state index in [0.29, 0.717) is 0 Å². The van der Waals surface area contributed by atoms with E-state index in [4.69, 9.17) is 5.84 Å². The molecule has 0 radical (unpaired) electrons. The van der Waals surface area contributed by atoms with Gasteiger partial charge in [0.1, 0.15) is 0 Å². The molecule has 1 atom stereocenters. The summed E-state index contributed by atoms with van der Waals surface area (Å²) in [6, 6.07) is 4.28. The van der Waals surface area contributed by atoms with Crippen molar-refractivity contribution >= 4 is 0 Å². The Kier molecular flexibility index (Phi) is 4.90. The van der Waals surface area contributed by atoms with Crippen molar-refractivity contribution in [1.29, 1.82) is 0 Å². The van der Waals surface area contributed by atoms with Crippen LogP contribution in [0.3, 0.4) is 0 Å². The molecule has 0 fully saturated rings. The van der Waals surface area contributed by atoms with E-state index in [1.165, 1.54) is 37.7 Å². The molecule has 2 rings (SSSR count). The number of aryl methyl sites for hydroxylation is 1. The molecular formula is C15H23N3. The highest BCUT2D eigenvalue weighted by atomic mass is 15.2. The van der Waals surface area contributed by atoms with Crippen molar-refractivity contribution in [2.45, 2.75) is 51.5 Å². The molecule has 0 aromatic carbocycles. The van der Waals surface area contributed by atoms with E-state index in [1.54, 1.807) is 0 Å². The molecule has 1 aromatic heterocycles. The molecule has 0 amide bonds. The van der Waals surface area contributed by atoms with Crippen molar-refractivity contribution in [2.75, 3.05) is 0 Å². The summed E-state index contributed by atoms with van der Waals surface area (Å²) in [7, 11) is 0. The second-order valence-corrected chi connectivity index (χ2v) is 5.06. The summed E-state index contributed by atoms with van der Waals surface area (Å²) in [5.74, 6) is 5.75. The van der Waals surface area contributed by atoms with E-state index in [2.05, 4.69) is 22.6 Å². The second kappa shape index (κ2) is 6.66. The maximum atomic E-state index is 5.75. The van der Waals surface area contributed by atoms with E-state index < -0.39 is 0 Å². The Hall–Kier alpha value is -1.19. The zero-order valence-corrected chi connectivity index (χ0v) is 11.2. The average Bonchev–Trinajstić information content (AvgIpc) is 2.34. The van der Waals surface area contributed by atoms with Crippen molar-refractivity contribution < 1.29 is 0 Å². The fraction of sp³-hybridized carbons (Fsp3) is 0.533. The van der Waals surface area contributed by atoms with E-state index >= 15 is 0 Å². The smallest absolute Gasteiger partial charge is 0.0685 e. The molecule has 98 valence electrons. The molecule has 0 saturated carbocycles. The first-order valence-electron chi connectivity index (χ1n) is 6.89. The number of aromatic nitrogens is 1. The third kappa shape index (κ3) is 3.40. The van der Waals surface area contributed by atoms with E-state index in [0.717, 1.165) is 17.7 Å². The van der Waals surface area contributed by atoms with Gasteiger partial charge in [-0.2, -0.15) is 0 Å². The molecule has 0 spiro atoms. The quantitative estimate of drug-likeness (QED) is 0.488. The minimum atomic E-state index is 0.121. The highest BCUT2D eigenvalue weighted by molar-refractivity contribution is 5.27. The Morgan fingerprint density at radius 3 is 2.78 bits per heavy atom. The van der Waals surface area contributed by atoms with Crippen molar-refractivity contribution in [3.05, 3.63) is 41.2 Å². The third-order valence-electron chi connectivity index (χ3n) is 3.63. The SMILES string of the molecule is Cc1ccc(C(NN)/C2=C/CCCCCC2)cn1. The van der Waals surface area contributed by atoms with Crippen LogP contribution in [-0.4, -0.2) is 4.98 Å². The van der Waals surface area contributed by atoms with Crippen molar-refractivity contribution in [1.82, 2.24) is 10.4 Å². The molecular weight excluding hydrogens is 222 g/mol. The van der Waals surface area contributed by atoms with Crippen LogP contribution in [0.4, 0.5) is 0 Å². The van der Waals surface area contributed by atoms with Crippen LogP contribution in [0.2, 0.25) is 0 Å². The number of nitrogens with one attached hydrogen (secondary N) is 1. The predicted molar refractivity (Wildman–Crippen MR) is 74.8 cm³/mol. The van der Waals surface area contributed by atoms with Gasteiger partial charge in [-0.1, -0.05) is 30.6 Å². The summed E-state index contributed by atoms with van der Waals surface area (Å²) in [4.78, 5) is 4.36. The number of hydrogen-bond donors (Lipinski definition) is 2.